The van der Waals surface area contributed by atoms with Gasteiger partial charge in [0.2, 0.25) is 5.89 Å². The largest absolute Gasteiger partial charge is 0.338 e. The summed E-state index contributed by atoms with van der Waals surface area (Å²) >= 11 is 5.67. The standard InChI is InChI=1S/C15H11ClN2O/c16-8-13-17-15(18-19-13)14-11-6-10(7-12(11)14)9-4-2-1-3-5-9/h1-5,11,14H,6,8H2/t11-,14+/m1/s1. The molecule has 1 aromatic carbocycles. The van der Waals surface area contributed by atoms with E-state index in [1.54, 1.807) is 0 Å². The monoisotopic (exact) mass is 270 g/mol. The smallest absolute Gasteiger partial charge is 0.241 e. The molecule has 1 aromatic heterocycles. The van der Waals surface area contributed by atoms with Gasteiger partial charge in [-0.1, -0.05) is 35.5 Å². The summed E-state index contributed by atoms with van der Waals surface area (Å²) in [6, 6.07) is 10.4. The van der Waals surface area contributed by atoms with E-state index < -0.39 is 0 Å². The van der Waals surface area contributed by atoms with Crippen LogP contribution in [0.15, 0.2) is 46.2 Å². The molecule has 19 heavy (non-hydrogen) atoms. The molecule has 0 bridgehead atoms. The van der Waals surface area contributed by atoms with Crippen molar-refractivity contribution in [3.8, 4) is 0 Å². The fourth-order valence-corrected chi connectivity index (χ4v) is 2.87. The molecule has 2 aromatic rings. The minimum Gasteiger partial charge on any atom is -0.338 e. The maximum absolute atomic E-state index is 5.67. The predicted octanol–water partition coefficient (Wildman–Crippen LogP) is 3.53. The molecule has 2 aliphatic carbocycles. The van der Waals surface area contributed by atoms with Crippen LogP contribution in [0.4, 0.5) is 0 Å². The molecule has 0 saturated heterocycles. The van der Waals surface area contributed by atoms with E-state index in [4.69, 9.17) is 16.1 Å². The first-order chi connectivity index (χ1) is 9.36. The first kappa shape index (κ1) is 11.0. The van der Waals surface area contributed by atoms with Gasteiger partial charge in [0.05, 0.1) is 5.92 Å². The highest BCUT2D eigenvalue weighted by atomic mass is 35.5. The molecule has 2 atom stereocenters. The average Bonchev–Trinajstić information content (AvgIpc) is 2.89. The summed E-state index contributed by atoms with van der Waals surface area (Å²) in [5.41, 5.74) is 7.35. The zero-order chi connectivity index (χ0) is 12.8. The Morgan fingerprint density at radius 2 is 2.16 bits per heavy atom. The number of allylic oxidation sites excluding steroid dienone is 1. The van der Waals surface area contributed by atoms with Crippen LogP contribution in [0.5, 0.6) is 0 Å². The van der Waals surface area contributed by atoms with Gasteiger partial charge in [0.15, 0.2) is 5.82 Å². The van der Waals surface area contributed by atoms with E-state index in [9.17, 15) is 0 Å². The molecule has 3 nitrogen and oxygen atoms in total. The van der Waals surface area contributed by atoms with Crippen molar-refractivity contribution in [1.82, 2.24) is 10.1 Å². The van der Waals surface area contributed by atoms with Crippen LogP contribution >= 0.6 is 11.6 Å². The van der Waals surface area contributed by atoms with Gasteiger partial charge in [-0.25, -0.2) is 0 Å². The highest BCUT2D eigenvalue weighted by Gasteiger charge is 2.51. The second kappa shape index (κ2) is 4.09. The third kappa shape index (κ3) is 1.74. The van der Waals surface area contributed by atoms with Crippen molar-refractivity contribution >= 4 is 17.2 Å². The lowest BCUT2D eigenvalue weighted by Crippen LogP contribution is -1.90. The molecule has 1 heterocycles. The predicted molar refractivity (Wildman–Crippen MR) is 71.6 cm³/mol. The minimum atomic E-state index is 0.272. The fraction of sp³-hybridized carbons (Fsp3) is 0.267. The SMILES string of the molecule is ClCc1nc([C@@H]2C3=C=C(c4ccccc4)C[C@H]32)no1. The van der Waals surface area contributed by atoms with Gasteiger partial charge in [0.25, 0.3) is 0 Å². The van der Waals surface area contributed by atoms with Gasteiger partial charge in [-0.15, -0.1) is 17.3 Å². The fourth-order valence-electron chi connectivity index (χ4n) is 2.76. The summed E-state index contributed by atoms with van der Waals surface area (Å²) in [6.07, 6.45) is 1.02. The molecule has 1 fully saturated rings. The van der Waals surface area contributed by atoms with Crippen molar-refractivity contribution in [2.75, 3.05) is 0 Å². The topological polar surface area (TPSA) is 38.9 Å². The normalized spacial score (nSPS) is 23.8. The third-order valence-electron chi connectivity index (χ3n) is 3.75. The zero-order valence-electron chi connectivity index (χ0n) is 10.1. The first-order valence-corrected chi connectivity index (χ1v) is 6.83. The lowest BCUT2D eigenvalue weighted by molar-refractivity contribution is 0.384. The molecule has 4 heteroatoms. The number of halogens is 1. The molecule has 94 valence electrons. The Balaban J connectivity index is 1.64. The molecule has 0 N–H and O–H groups in total. The Bertz CT molecular complexity index is 698. The maximum Gasteiger partial charge on any atom is 0.241 e. The van der Waals surface area contributed by atoms with Crippen molar-refractivity contribution < 1.29 is 4.52 Å². The molecule has 0 radical (unpaired) electrons. The lowest BCUT2D eigenvalue weighted by Gasteiger charge is -2.02. The number of hydrogen-bond donors (Lipinski definition) is 0. The molecule has 0 aliphatic heterocycles. The van der Waals surface area contributed by atoms with Gasteiger partial charge >= 0.3 is 0 Å². The second-order valence-corrected chi connectivity index (χ2v) is 5.16. The number of rotatable bonds is 3. The third-order valence-corrected chi connectivity index (χ3v) is 3.97. The van der Waals surface area contributed by atoms with Gasteiger partial charge < -0.3 is 4.52 Å². The Hall–Kier alpha value is -1.83. The van der Waals surface area contributed by atoms with Crippen LogP contribution in [-0.2, 0) is 5.88 Å². The van der Waals surface area contributed by atoms with Crippen LogP contribution in [0.25, 0.3) is 5.57 Å². The number of alkyl halides is 1. The van der Waals surface area contributed by atoms with E-state index in [-0.39, 0.29) is 5.88 Å². The van der Waals surface area contributed by atoms with E-state index in [0.717, 1.165) is 12.2 Å². The van der Waals surface area contributed by atoms with Crippen LogP contribution in [-0.4, -0.2) is 10.1 Å². The summed E-state index contributed by atoms with van der Waals surface area (Å²) in [5, 5.41) is 3.99. The zero-order valence-corrected chi connectivity index (χ0v) is 10.9. The summed E-state index contributed by atoms with van der Waals surface area (Å²) in [4.78, 5) is 4.29. The van der Waals surface area contributed by atoms with Gasteiger partial charge in [0, 0.05) is 11.5 Å². The number of aromatic nitrogens is 2. The Labute approximate surface area is 115 Å². The molecule has 1 saturated carbocycles. The summed E-state index contributed by atoms with van der Waals surface area (Å²) in [6.45, 7) is 0. The minimum absolute atomic E-state index is 0.272. The molecule has 2 aliphatic rings. The summed E-state index contributed by atoms with van der Waals surface area (Å²) in [7, 11) is 0. The van der Waals surface area contributed by atoms with Gasteiger partial charge in [-0.2, -0.15) is 4.98 Å². The van der Waals surface area contributed by atoms with Crippen LogP contribution in [0.1, 0.15) is 29.6 Å². The average molecular weight is 271 g/mol. The first-order valence-electron chi connectivity index (χ1n) is 6.30. The van der Waals surface area contributed by atoms with Crippen molar-refractivity contribution in [3.05, 3.63) is 58.9 Å². The van der Waals surface area contributed by atoms with Gasteiger partial charge in [-0.05, 0) is 17.6 Å². The number of fused-ring (bicyclic) bond motifs is 1. The lowest BCUT2D eigenvalue weighted by atomic mass is 10.0. The van der Waals surface area contributed by atoms with Crippen LogP contribution in [0.3, 0.4) is 0 Å². The van der Waals surface area contributed by atoms with E-state index in [1.165, 1.54) is 16.7 Å². The molecule has 0 spiro atoms. The number of hydrogen-bond acceptors (Lipinski definition) is 3. The Morgan fingerprint density at radius 1 is 1.32 bits per heavy atom. The number of benzene rings is 1. The van der Waals surface area contributed by atoms with Crippen molar-refractivity contribution in [2.24, 2.45) is 5.92 Å². The van der Waals surface area contributed by atoms with Crippen LogP contribution in [0, 0.1) is 5.92 Å². The van der Waals surface area contributed by atoms with E-state index >= 15 is 0 Å². The van der Waals surface area contributed by atoms with Crippen molar-refractivity contribution in [1.29, 1.82) is 0 Å². The molecule has 4 rings (SSSR count). The van der Waals surface area contributed by atoms with E-state index in [2.05, 4.69) is 40.1 Å². The molecular formula is C15H11ClN2O. The number of nitrogens with zero attached hydrogens (tertiary/aromatic N) is 2. The highest BCUT2D eigenvalue weighted by molar-refractivity contribution is 6.16. The molecular weight excluding hydrogens is 260 g/mol. The Kier molecular flexibility index (Phi) is 2.37. The van der Waals surface area contributed by atoms with Crippen LogP contribution < -0.4 is 0 Å². The van der Waals surface area contributed by atoms with Crippen LogP contribution in [0.2, 0.25) is 0 Å². The molecule has 0 unspecified atom stereocenters. The summed E-state index contributed by atoms with van der Waals surface area (Å²) < 4.78 is 5.05. The van der Waals surface area contributed by atoms with Crippen molar-refractivity contribution in [2.45, 2.75) is 18.2 Å². The maximum atomic E-state index is 5.67. The second-order valence-electron chi connectivity index (χ2n) is 4.89. The van der Waals surface area contributed by atoms with Gasteiger partial charge in [-0.3, -0.25) is 0 Å². The van der Waals surface area contributed by atoms with Crippen molar-refractivity contribution in [3.63, 3.8) is 0 Å². The highest BCUT2D eigenvalue weighted by Crippen LogP contribution is 2.59. The Morgan fingerprint density at radius 3 is 2.79 bits per heavy atom. The van der Waals surface area contributed by atoms with E-state index in [0.29, 0.717) is 17.7 Å². The van der Waals surface area contributed by atoms with Gasteiger partial charge in [0.1, 0.15) is 5.88 Å². The van der Waals surface area contributed by atoms with E-state index in [1.807, 2.05) is 6.07 Å². The quantitative estimate of drug-likeness (QED) is 0.633. The summed E-state index contributed by atoms with van der Waals surface area (Å²) in [5.74, 6) is 2.34. The molecule has 0 amide bonds.